The molecule has 0 amide bonds. The number of allylic oxidation sites excluding steroid dienone is 1. The third-order valence-electron chi connectivity index (χ3n) is 2.93. The number of methoxy groups -OCH3 is 2. The van der Waals surface area contributed by atoms with Crippen molar-refractivity contribution in [1.29, 1.82) is 5.26 Å². The Balaban J connectivity index is 2.59. The smallest absolute Gasteiger partial charge is 0.131 e. The van der Waals surface area contributed by atoms with E-state index in [-0.39, 0.29) is 0 Å². The summed E-state index contributed by atoms with van der Waals surface area (Å²) in [7, 11) is 3.11. The highest BCUT2D eigenvalue weighted by Gasteiger charge is 2.14. The fraction of sp³-hybridized carbons (Fsp3) is 0.125. The molecule has 106 valence electrons. The van der Waals surface area contributed by atoms with Crippen LogP contribution < -0.4 is 9.47 Å². The number of rotatable bonds is 4. The van der Waals surface area contributed by atoms with Gasteiger partial charge in [0.05, 0.1) is 24.8 Å². The number of hydrogen-bond donors (Lipinski definition) is 0. The Labute approximate surface area is 128 Å². The van der Waals surface area contributed by atoms with Gasteiger partial charge in [-0.1, -0.05) is 17.7 Å². The van der Waals surface area contributed by atoms with Gasteiger partial charge in [-0.05, 0) is 18.2 Å². The van der Waals surface area contributed by atoms with E-state index in [0.29, 0.717) is 33.2 Å². The second-order valence-corrected chi connectivity index (χ2v) is 4.49. The number of nitrogens with zero attached hydrogens (tertiary/aromatic N) is 2. The molecule has 2 aromatic rings. The molecule has 0 saturated carbocycles. The highest BCUT2D eigenvalue weighted by molar-refractivity contribution is 6.53. The minimum Gasteiger partial charge on any atom is -0.497 e. The van der Waals surface area contributed by atoms with Gasteiger partial charge in [-0.15, -0.1) is 0 Å². The van der Waals surface area contributed by atoms with Crippen LogP contribution >= 0.6 is 11.6 Å². The van der Waals surface area contributed by atoms with Gasteiger partial charge in [0.15, 0.2) is 0 Å². The number of aromatic nitrogens is 1. The van der Waals surface area contributed by atoms with Gasteiger partial charge in [-0.2, -0.15) is 5.26 Å². The highest BCUT2D eigenvalue weighted by Crippen LogP contribution is 2.36. The zero-order valence-corrected chi connectivity index (χ0v) is 12.4. The summed E-state index contributed by atoms with van der Waals surface area (Å²) in [4.78, 5) is 4.00. The number of benzene rings is 1. The Morgan fingerprint density at radius 2 is 2.05 bits per heavy atom. The van der Waals surface area contributed by atoms with Crippen LogP contribution in [0.4, 0.5) is 0 Å². The first kappa shape index (κ1) is 14.9. The molecule has 0 bridgehead atoms. The largest absolute Gasteiger partial charge is 0.497 e. The summed E-state index contributed by atoms with van der Waals surface area (Å²) in [5, 5.41) is 9.70. The molecule has 0 aliphatic rings. The molecule has 0 spiro atoms. The second-order valence-electron chi connectivity index (χ2n) is 4.11. The molecule has 0 saturated heterocycles. The third-order valence-corrected chi connectivity index (χ3v) is 3.32. The average Bonchev–Trinajstić information content (AvgIpc) is 2.55. The fourth-order valence-corrected chi connectivity index (χ4v) is 2.17. The predicted octanol–water partition coefficient (Wildman–Crippen LogP) is 3.73. The second kappa shape index (κ2) is 6.78. The summed E-state index contributed by atoms with van der Waals surface area (Å²) in [6.45, 7) is 0. The van der Waals surface area contributed by atoms with Crippen LogP contribution in [0, 0.1) is 11.3 Å². The third kappa shape index (κ3) is 3.15. The van der Waals surface area contributed by atoms with Crippen molar-refractivity contribution in [1.82, 2.24) is 4.98 Å². The summed E-state index contributed by atoms with van der Waals surface area (Å²) in [5.41, 5.74) is 1.62. The minimum atomic E-state index is 0.310. The van der Waals surface area contributed by atoms with E-state index >= 15 is 0 Å². The maximum atomic E-state index is 9.39. The minimum absolute atomic E-state index is 0.310. The van der Waals surface area contributed by atoms with Crippen molar-refractivity contribution < 1.29 is 9.47 Å². The standard InChI is InChI=1S/C16H13ClN2O2/c1-20-12-5-6-13(15(8-12)21-2)16(17)14(9-18)11-4-3-7-19-10-11/h3-8,10H,1-2H3/b16-14+. The highest BCUT2D eigenvalue weighted by atomic mass is 35.5. The molecule has 0 radical (unpaired) electrons. The summed E-state index contributed by atoms with van der Waals surface area (Å²) >= 11 is 6.39. The number of nitriles is 1. The van der Waals surface area contributed by atoms with E-state index in [9.17, 15) is 5.26 Å². The molecule has 2 rings (SSSR count). The van der Waals surface area contributed by atoms with E-state index in [4.69, 9.17) is 21.1 Å². The molecular formula is C16H13ClN2O2. The molecule has 0 aliphatic carbocycles. The van der Waals surface area contributed by atoms with E-state index in [1.165, 1.54) is 0 Å². The van der Waals surface area contributed by atoms with Crippen LogP contribution in [0.2, 0.25) is 0 Å². The lowest BCUT2D eigenvalue weighted by atomic mass is 10.0. The summed E-state index contributed by atoms with van der Waals surface area (Å²) < 4.78 is 10.5. The van der Waals surface area contributed by atoms with Gasteiger partial charge >= 0.3 is 0 Å². The summed E-state index contributed by atoms with van der Waals surface area (Å²) in [5.74, 6) is 1.19. The van der Waals surface area contributed by atoms with E-state index in [1.807, 2.05) is 0 Å². The van der Waals surface area contributed by atoms with Crippen molar-refractivity contribution in [3.63, 3.8) is 0 Å². The van der Waals surface area contributed by atoms with Gasteiger partial charge in [0, 0.05) is 29.6 Å². The molecule has 1 aromatic carbocycles. The SMILES string of the molecule is COc1ccc(/C(Cl)=C(/C#N)c2cccnc2)c(OC)c1. The fourth-order valence-electron chi connectivity index (χ4n) is 1.87. The lowest BCUT2D eigenvalue weighted by molar-refractivity contribution is 0.393. The van der Waals surface area contributed by atoms with Gasteiger partial charge in [0.1, 0.15) is 17.6 Å². The average molecular weight is 301 g/mol. The van der Waals surface area contributed by atoms with E-state index in [2.05, 4.69) is 11.1 Å². The molecule has 0 atom stereocenters. The van der Waals surface area contributed by atoms with E-state index in [1.54, 1.807) is 56.9 Å². The molecule has 1 aromatic heterocycles. The van der Waals surface area contributed by atoms with Crippen LogP contribution in [-0.2, 0) is 0 Å². The molecule has 0 unspecified atom stereocenters. The van der Waals surface area contributed by atoms with Crippen molar-refractivity contribution in [2.45, 2.75) is 0 Å². The molecule has 0 fully saturated rings. The quantitative estimate of drug-likeness (QED) is 0.807. The van der Waals surface area contributed by atoms with Gasteiger partial charge in [-0.25, -0.2) is 0 Å². The van der Waals surface area contributed by atoms with Crippen LogP contribution in [0.3, 0.4) is 0 Å². The Hall–Kier alpha value is -2.51. The van der Waals surface area contributed by atoms with Crippen molar-refractivity contribution >= 4 is 22.2 Å². The molecule has 0 N–H and O–H groups in total. The number of hydrogen-bond acceptors (Lipinski definition) is 4. The Morgan fingerprint density at radius 1 is 1.24 bits per heavy atom. The van der Waals surface area contributed by atoms with Crippen molar-refractivity contribution in [3.8, 4) is 17.6 Å². The normalized spacial score (nSPS) is 11.3. The zero-order valence-electron chi connectivity index (χ0n) is 11.6. The maximum Gasteiger partial charge on any atom is 0.131 e. The van der Waals surface area contributed by atoms with Crippen LogP contribution in [-0.4, -0.2) is 19.2 Å². The number of ether oxygens (including phenoxy) is 2. The van der Waals surface area contributed by atoms with Crippen LogP contribution in [0.25, 0.3) is 10.6 Å². The lowest BCUT2D eigenvalue weighted by Gasteiger charge is -2.11. The number of halogens is 1. The van der Waals surface area contributed by atoms with Gasteiger partial charge in [0.25, 0.3) is 0 Å². The Bertz CT molecular complexity index is 706. The van der Waals surface area contributed by atoms with Crippen molar-refractivity contribution in [2.75, 3.05) is 14.2 Å². The maximum absolute atomic E-state index is 9.39. The Kier molecular flexibility index (Phi) is 4.81. The Morgan fingerprint density at radius 3 is 2.62 bits per heavy atom. The first-order valence-corrected chi connectivity index (χ1v) is 6.51. The van der Waals surface area contributed by atoms with E-state index in [0.717, 1.165) is 0 Å². The molecule has 0 aliphatic heterocycles. The molecule has 4 nitrogen and oxygen atoms in total. The first-order chi connectivity index (χ1) is 10.2. The summed E-state index contributed by atoms with van der Waals surface area (Å²) in [6.07, 6.45) is 3.23. The van der Waals surface area contributed by atoms with E-state index < -0.39 is 0 Å². The monoisotopic (exact) mass is 300 g/mol. The molecule has 5 heteroatoms. The van der Waals surface area contributed by atoms with Gasteiger partial charge in [0.2, 0.25) is 0 Å². The molecule has 1 heterocycles. The topological polar surface area (TPSA) is 55.1 Å². The van der Waals surface area contributed by atoms with Crippen LogP contribution in [0.5, 0.6) is 11.5 Å². The lowest BCUT2D eigenvalue weighted by Crippen LogP contribution is -1.93. The zero-order chi connectivity index (χ0) is 15.2. The van der Waals surface area contributed by atoms with Crippen LogP contribution in [0.15, 0.2) is 42.7 Å². The van der Waals surface area contributed by atoms with Crippen LogP contribution in [0.1, 0.15) is 11.1 Å². The predicted molar refractivity (Wildman–Crippen MR) is 82.1 cm³/mol. The van der Waals surface area contributed by atoms with Crippen molar-refractivity contribution in [2.24, 2.45) is 0 Å². The first-order valence-electron chi connectivity index (χ1n) is 6.14. The van der Waals surface area contributed by atoms with Gasteiger partial charge in [-0.3, -0.25) is 4.98 Å². The van der Waals surface area contributed by atoms with Gasteiger partial charge < -0.3 is 9.47 Å². The molecular weight excluding hydrogens is 288 g/mol. The summed E-state index contributed by atoms with van der Waals surface area (Å²) in [6, 6.07) is 10.9. The van der Waals surface area contributed by atoms with Crippen molar-refractivity contribution in [3.05, 3.63) is 53.9 Å². The number of pyridine rings is 1. The molecule has 21 heavy (non-hydrogen) atoms.